The van der Waals surface area contributed by atoms with Gasteiger partial charge < -0.3 is 10.1 Å². The summed E-state index contributed by atoms with van der Waals surface area (Å²) in [6.45, 7) is 2.95. The number of hydrogen-bond acceptors (Lipinski definition) is 4. The Balaban J connectivity index is 1.38. The summed E-state index contributed by atoms with van der Waals surface area (Å²) in [5.74, 6) is 1.16. The number of carbonyl (C=O) groups excluding carboxylic acids is 1. The van der Waals surface area contributed by atoms with Crippen molar-refractivity contribution in [3.63, 3.8) is 0 Å². The largest absolute Gasteiger partial charge is 0.475 e. The van der Waals surface area contributed by atoms with Crippen LogP contribution in [-0.4, -0.2) is 29.3 Å². The lowest BCUT2D eigenvalue weighted by Crippen LogP contribution is -2.30. The lowest BCUT2D eigenvalue weighted by molar-refractivity contribution is -0.122. The van der Waals surface area contributed by atoms with Crippen LogP contribution in [0.1, 0.15) is 44.1 Å². The summed E-state index contributed by atoms with van der Waals surface area (Å²) < 4.78 is 5.57. The summed E-state index contributed by atoms with van der Waals surface area (Å²) in [7, 11) is 0. The van der Waals surface area contributed by atoms with Gasteiger partial charge >= 0.3 is 0 Å². The molecule has 1 aliphatic rings. The molecule has 2 aromatic rings. The van der Waals surface area contributed by atoms with Crippen LogP contribution in [0.4, 0.5) is 0 Å². The zero-order valence-electron chi connectivity index (χ0n) is 15.4. The van der Waals surface area contributed by atoms with Gasteiger partial charge in [-0.2, -0.15) is 0 Å². The van der Waals surface area contributed by atoms with Crippen LogP contribution < -0.4 is 10.1 Å². The number of aryl methyl sites for hydroxylation is 1. The molecule has 1 aromatic carbocycles. The predicted molar refractivity (Wildman–Crippen MR) is 102 cm³/mol. The predicted octanol–water partition coefficient (Wildman–Crippen LogP) is 3.92. The molecule has 1 heterocycles. The lowest BCUT2D eigenvalue weighted by atomic mass is 9.87. The SMILES string of the molecule is Cc1ccc(-c2ccc(OCCNC(=O)CC3CCCCC3)nn2)cc1. The Hall–Kier alpha value is -2.43. The number of nitrogens with one attached hydrogen (secondary N) is 1. The van der Waals surface area contributed by atoms with Crippen molar-refractivity contribution in [3.05, 3.63) is 42.0 Å². The second-order valence-electron chi connectivity index (χ2n) is 7.03. The normalized spacial score (nSPS) is 14.8. The molecular weight excluding hydrogens is 326 g/mol. The van der Waals surface area contributed by atoms with E-state index in [0.29, 0.717) is 31.4 Å². The van der Waals surface area contributed by atoms with Crippen molar-refractivity contribution in [1.82, 2.24) is 15.5 Å². The fraction of sp³-hybridized carbons (Fsp3) is 0.476. The van der Waals surface area contributed by atoms with E-state index in [9.17, 15) is 4.79 Å². The van der Waals surface area contributed by atoms with Crippen LogP contribution >= 0.6 is 0 Å². The quantitative estimate of drug-likeness (QED) is 0.766. The molecule has 0 atom stereocenters. The van der Waals surface area contributed by atoms with Gasteiger partial charge in [0.25, 0.3) is 0 Å². The van der Waals surface area contributed by atoms with Crippen molar-refractivity contribution in [2.45, 2.75) is 45.4 Å². The number of amides is 1. The number of rotatable bonds is 7. The number of nitrogens with zero attached hydrogens (tertiary/aromatic N) is 2. The molecule has 1 aromatic heterocycles. The van der Waals surface area contributed by atoms with E-state index in [0.717, 1.165) is 11.3 Å². The highest BCUT2D eigenvalue weighted by molar-refractivity contribution is 5.76. The minimum atomic E-state index is 0.126. The standard InChI is InChI=1S/C21H27N3O2/c1-16-7-9-18(10-8-16)19-11-12-21(24-23-19)26-14-13-22-20(25)15-17-5-3-2-4-6-17/h7-12,17H,2-6,13-15H2,1H3,(H,22,25). The van der Waals surface area contributed by atoms with Crippen LogP contribution in [0.15, 0.2) is 36.4 Å². The zero-order chi connectivity index (χ0) is 18.2. The van der Waals surface area contributed by atoms with Crippen LogP contribution in [0.3, 0.4) is 0 Å². The summed E-state index contributed by atoms with van der Waals surface area (Å²) >= 11 is 0. The first kappa shape index (κ1) is 18.4. The number of ether oxygens (including phenoxy) is 1. The van der Waals surface area contributed by atoms with Crippen molar-refractivity contribution in [1.29, 1.82) is 0 Å². The monoisotopic (exact) mass is 353 g/mol. The van der Waals surface area contributed by atoms with E-state index in [4.69, 9.17) is 4.74 Å². The maximum atomic E-state index is 12.0. The fourth-order valence-electron chi connectivity index (χ4n) is 3.35. The van der Waals surface area contributed by atoms with Crippen LogP contribution in [0.2, 0.25) is 0 Å². The molecule has 1 fully saturated rings. The molecule has 0 unspecified atom stereocenters. The van der Waals surface area contributed by atoms with E-state index in [2.05, 4.69) is 34.6 Å². The highest BCUT2D eigenvalue weighted by Gasteiger charge is 2.16. The van der Waals surface area contributed by atoms with E-state index < -0.39 is 0 Å². The molecular formula is C21H27N3O2. The van der Waals surface area contributed by atoms with Gasteiger partial charge in [0.2, 0.25) is 11.8 Å². The van der Waals surface area contributed by atoms with Crippen LogP contribution in [0, 0.1) is 12.8 Å². The molecule has 0 spiro atoms. The van der Waals surface area contributed by atoms with Gasteiger partial charge in [0.05, 0.1) is 12.2 Å². The number of benzene rings is 1. The minimum Gasteiger partial charge on any atom is -0.475 e. The average molecular weight is 353 g/mol. The Kier molecular flexibility index (Phi) is 6.58. The number of aromatic nitrogens is 2. The average Bonchev–Trinajstić information content (AvgIpc) is 2.67. The summed E-state index contributed by atoms with van der Waals surface area (Å²) in [5, 5.41) is 11.2. The van der Waals surface area contributed by atoms with Gasteiger partial charge in [-0.1, -0.05) is 49.1 Å². The van der Waals surface area contributed by atoms with Crippen molar-refractivity contribution in [2.24, 2.45) is 5.92 Å². The van der Waals surface area contributed by atoms with E-state index >= 15 is 0 Å². The lowest BCUT2D eigenvalue weighted by Gasteiger charge is -2.20. The maximum absolute atomic E-state index is 12.0. The van der Waals surface area contributed by atoms with E-state index in [1.165, 1.54) is 37.7 Å². The van der Waals surface area contributed by atoms with Gasteiger partial charge in [-0.25, -0.2) is 0 Å². The number of carbonyl (C=O) groups is 1. The zero-order valence-corrected chi connectivity index (χ0v) is 15.4. The number of hydrogen-bond donors (Lipinski definition) is 1. The molecule has 26 heavy (non-hydrogen) atoms. The topological polar surface area (TPSA) is 64.1 Å². The van der Waals surface area contributed by atoms with Gasteiger partial charge in [0.1, 0.15) is 6.61 Å². The van der Waals surface area contributed by atoms with Crippen LogP contribution in [0.25, 0.3) is 11.3 Å². The van der Waals surface area contributed by atoms with Crippen molar-refractivity contribution < 1.29 is 9.53 Å². The van der Waals surface area contributed by atoms with Crippen molar-refractivity contribution >= 4 is 5.91 Å². The van der Waals surface area contributed by atoms with Crippen LogP contribution in [0.5, 0.6) is 5.88 Å². The molecule has 1 amide bonds. The van der Waals surface area contributed by atoms with Gasteiger partial charge in [-0.15, -0.1) is 10.2 Å². The second-order valence-corrected chi connectivity index (χ2v) is 7.03. The molecule has 0 bridgehead atoms. The molecule has 0 aliphatic heterocycles. The van der Waals surface area contributed by atoms with Crippen molar-refractivity contribution in [2.75, 3.05) is 13.2 Å². The molecule has 5 heteroatoms. The van der Waals surface area contributed by atoms with Crippen molar-refractivity contribution in [3.8, 4) is 17.1 Å². The van der Waals surface area contributed by atoms with E-state index in [-0.39, 0.29) is 5.91 Å². The molecule has 0 radical (unpaired) electrons. The first-order valence-electron chi connectivity index (χ1n) is 9.51. The van der Waals surface area contributed by atoms with E-state index in [1.807, 2.05) is 24.3 Å². The Morgan fingerprint density at radius 2 is 1.85 bits per heavy atom. The highest BCUT2D eigenvalue weighted by Crippen LogP contribution is 2.26. The summed E-state index contributed by atoms with van der Waals surface area (Å²) in [4.78, 5) is 12.0. The first-order chi connectivity index (χ1) is 12.7. The molecule has 138 valence electrons. The maximum Gasteiger partial charge on any atom is 0.233 e. The Bertz CT molecular complexity index is 692. The second kappa shape index (κ2) is 9.32. The van der Waals surface area contributed by atoms with Gasteiger partial charge in [-0.3, -0.25) is 4.79 Å². The molecule has 0 saturated heterocycles. The Labute approximate surface area is 155 Å². The third-order valence-electron chi connectivity index (χ3n) is 4.86. The first-order valence-corrected chi connectivity index (χ1v) is 9.51. The fourth-order valence-corrected chi connectivity index (χ4v) is 3.35. The van der Waals surface area contributed by atoms with Gasteiger partial charge in [0, 0.05) is 18.1 Å². The molecule has 5 nitrogen and oxygen atoms in total. The third-order valence-corrected chi connectivity index (χ3v) is 4.86. The molecule has 1 aliphatic carbocycles. The van der Waals surface area contributed by atoms with Gasteiger partial charge in [0.15, 0.2) is 0 Å². The minimum absolute atomic E-state index is 0.126. The Morgan fingerprint density at radius 3 is 2.54 bits per heavy atom. The molecule has 1 saturated carbocycles. The summed E-state index contributed by atoms with van der Waals surface area (Å²) in [6.07, 6.45) is 6.86. The third kappa shape index (κ3) is 5.55. The van der Waals surface area contributed by atoms with Crippen LogP contribution in [-0.2, 0) is 4.79 Å². The summed E-state index contributed by atoms with van der Waals surface area (Å²) in [5.41, 5.74) is 3.06. The molecule has 1 N–H and O–H groups in total. The smallest absolute Gasteiger partial charge is 0.233 e. The highest BCUT2D eigenvalue weighted by atomic mass is 16.5. The Morgan fingerprint density at radius 1 is 1.08 bits per heavy atom. The van der Waals surface area contributed by atoms with Gasteiger partial charge in [-0.05, 0) is 31.7 Å². The van der Waals surface area contributed by atoms with E-state index in [1.54, 1.807) is 0 Å². The molecule has 3 rings (SSSR count). The summed E-state index contributed by atoms with van der Waals surface area (Å²) in [6, 6.07) is 11.9.